The molecule has 4 aliphatic carbocycles. The van der Waals surface area contributed by atoms with E-state index in [1.54, 1.807) is 6.92 Å². The van der Waals surface area contributed by atoms with Gasteiger partial charge < -0.3 is 10.3 Å². The van der Waals surface area contributed by atoms with E-state index in [1.165, 1.54) is 19.3 Å². The molecule has 4 saturated carbocycles. The fourth-order valence-electron chi connectivity index (χ4n) is 5.79. The van der Waals surface area contributed by atoms with Crippen LogP contribution in [0.1, 0.15) is 56.2 Å². The van der Waals surface area contributed by atoms with Gasteiger partial charge in [0.2, 0.25) is 5.91 Å². The zero-order chi connectivity index (χ0) is 16.9. The maximum absolute atomic E-state index is 12.5. The van der Waals surface area contributed by atoms with Gasteiger partial charge in [-0.1, -0.05) is 0 Å². The van der Waals surface area contributed by atoms with E-state index in [9.17, 15) is 14.4 Å². The second-order valence-electron chi connectivity index (χ2n) is 8.26. The molecule has 24 heavy (non-hydrogen) atoms. The molecule has 1 amide bonds. The van der Waals surface area contributed by atoms with Crippen LogP contribution in [0.4, 0.5) is 0 Å². The molecule has 0 saturated heterocycles. The second-order valence-corrected chi connectivity index (χ2v) is 8.26. The van der Waals surface area contributed by atoms with E-state index in [2.05, 4.69) is 15.3 Å². The van der Waals surface area contributed by atoms with Crippen molar-refractivity contribution in [2.24, 2.45) is 17.8 Å². The van der Waals surface area contributed by atoms with Crippen molar-refractivity contribution in [1.29, 1.82) is 0 Å². The summed E-state index contributed by atoms with van der Waals surface area (Å²) in [4.78, 5) is 40.4. The highest BCUT2D eigenvalue weighted by atomic mass is 16.2. The maximum Gasteiger partial charge on any atom is 0.325 e. The Bertz CT molecular complexity index is 741. The standard InChI is InChI=1S/C18H25N3O3/c1-10-14(16(23)20-17(24)19-10)2-3-15(22)21-18-7-11-4-12(8-18)6-13(5-11)9-18/h11-13H,2-9H2,1H3,(H,21,22)(H2,19,20,23,24). The predicted octanol–water partition coefficient (Wildman–Crippen LogP) is 1.39. The first kappa shape index (κ1) is 15.7. The number of H-pyrrole nitrogens is 2. The third-order valence-electron chi connectivity index (χ3n) is 6.30. The summed E-state index contributed by atoms with van der Waals surface area (Å²) in [6.07, 6.45) is 8.08. The lowest BCUT2D eigenvalue weighted by Gasteiger charge is -2.56. The van der Waals surface area contributed by atoms with E-state index in [1.807, 2.05) is 0 Å². The number of hydrogen-bond donors (Lipinski definition) is 3. The Hall–Kier alpha value is -1.85. The van der Waals surface area contributed by atoms with Gasteiger partial charge in [0, 0.05) is 23.2 Å². The maximum atomic E-state index is 12.5. The van der Waals surface area contributed by atoms with E-state index in [0.29, 0.717) is 17.7 Å². The van der Waals surface area contributed by atoms with Crippen molar-refractivity contribution in [3.05, 3.63) is 32.1 Å². The Morgan fingerprint density at radius 2 is 1.67 bits per heavy atom. The SMILES string of the molecule is Cc1[nH]c(=O)[nH]c(=O)c1CCC(=O)NC12CC3CC(CC(C3)C1)C2. The normalized spacial score (nSPS) is 33.6. The van der Waals surface area contributed by atoms with E-state index >= 15 is 0 Å². The van der Waals surface area contributed by atoms with Gasteiger partial charge in [-0.25, -0.2) is 4.79 Å². The number of carbonyl (C=O) groups is 1. The first-order valence-corrected chi connectivity index (χ1v) is 9.05. The van der Waals surface area contributed by atoms with Crippen LogP contribution in [0.2, 0.25) is 0 Å². The molecular weight excluding hydrogens is 306 g/mol. The Labute approximate surface area is 140 Å². The predicted molar refractivity (Wildman–Crippen MR) is 89.8 cm³/mol. The van der Waals surface area contributed by atoms with E-state index in [4.69, 9.17) is 0 Å². The van der Waals surface area contributed by atoms with E-state index < -0.39 is 5.69 Å². The molecule has 1 aromatic heterocycles. The lowest BCUT2D eigenvalue weighted by molar-refractivity contribution is -0.126. The quantitative estimate of drug-likeness (QED) is 0.778. The van der Waals surface area contributed by atoms with Crippen molar-refractivity contribution >= 4 is 5.91 Å². The number of rotatable bonds is 4. The van der Waals surface area contributed by atoms with Crippen molar-refractivity contribution in [2.75, 3.05) is 0 Å². The largest absolute Gasteiger partial charge is 0.351 e. The van der Waals surface area contributed by atoms with Crippen molar-refractivity contribution in [3.63, 3.8) is 0 Å². The summed E-state index contributed by atoms with van der Waals surface area (Å²) in [5, 5.41) is 3.32. The number of nitrogens with one attached hydrogen (secondary N) is 3. The summed E-state index contributed by atoms with van der Waals surface area (Å²) in [6, 6.07) is 0. The van der Waals surface area contributed by atoms with Gasteiger partial charge in [0.1, 0.15) is 0 Å². The molecule has 3 N–H and O–H groups in total. The summed E-state index contributed by atoms with van der Waals surface area (Å²) in [5.74, 6) is 2.41. The van der Waals surface area contributed by atoms with Gasteiger partial charge in [0.05, 0.1) is 0 Å². The number of hydrogen-bond acceptors (Lipinski definition) is 3. The van der Waals surface area contributed by atoms with Crippen LogP contribution in [0.15, 0.2) is 9.59 Å². The Balaban J connectivity index is 1.41. The minimum Gasteiger partial charge on any atom is -0.351 e. The second kappa shape index (κ2) is 5.60. The molecule has 6 heteroatoms. The first-order chi connectivity index (χ1) is 11.4. The van der Waals surface area contributed by atoms with E-state index in [0.717, 1.165) is 37.0 Å². The van der Waals surface area contributed by atoms with Crippen LogP contribution in [0.3, 0.4) is 0 Å². The summed E-state index contributed by atoms with van der Waals surface area (Å²) in [5.41, 5.74) is 0.165. The fourth-order valence-corrected chi connectivity index (χ4v) is 5.79. The molecule has 0 unspecified atom stereocenters. The molecule has 130 valence electrons. The molecule has 4 aliphatic rings. The number of amides is 1. The summed E-state index contributed by atoms with van der Waals surface area (Å²) in [7, 11) is 0. The fraction of sp³-hybridized carbons (Fsp3) is 0.722. The van der Waals surface area contributed by atoms with Crippen molar-refractivity contribution < 1.29 is 4.79 Å². The Morgan fingerprint density at radius 3 is 2.21 bits per heavy atom. The van der Waals surface area contributed by atoms with Crippen LogP contribution in [0, 0.1) is 24.7 Å². The van der Waals surface area contributed by atoms with Gasteiger partial charge in [-0.3, -0.25) is 14.6 Å². The highest BCUT2D eigenvalue weighted by Crippen LogP contribution is 2.55. The van der Waals surface area contributed by atoms with Crippen molar-refractivity contribution in [3.8, 4) is 0 Å². The third kappa shape index (κ3) is 2.82. The molecular formula is C18H25N3O3. The molecule has 0 atom stereocenters. The molecule has 0 radical (unpaired) electrons. The smallest absolute Gasteiger partial charge is 0.325 e. The zero-order valence-electron chi connectivity index (χ0n) is 14.1. The molecule has 4 bridgehead atoms. The minimum atomic E-state index is -0.501. The highest BCUT2D eigenvalue weighted by molar-refractivity contribution is 5.77. The van der Waals surface area contributed by atoms with Crippen LogP contribution >= 0.6 is 0 Å². The summed E-state index contributed by atoms with van der Waals surface area (Å²) in [6.45, 7) is 1.70. The van der Waals surface area contributed by atoms with Crippen LogP contribution in [0.5, 0.6) is 0 Å². The molecule has 1 heterocycles. The van der Waals surface area contributed by atoms with Gasteiger partial charge in [-0.15, -0.1) is 0 Å². The molecule has 5 rings (SSSR count). The average Bonchev–Trinajstić information content (AvgIpc) is 2.43. The molecule has 4 fully saturated rings. The van der Waals surface area contributed by atoms with E-state index in [-0.39, 0.29) is 23.4 Å². The van der Waals surface area contributed by atoms with Gasteiger partial charge in [-0.2, -0.15) is 0 Å². The topological polar surface area (TPSA) is 94.8 Å². The van der Waals surface area contributed by atoms with Crippen LogP contribution in [0.25, 0.3) is 0 Å². The number of aromatic nitrogens is 2. The number of aryl methyl sites for hydroxylation is 1. The van der Waals surface area contributed by atoms with Gasteiger partial charge >= 0.3 is 5.69 Å². The number of aromatic amines is 2. The van der Waals surface area contributed by atoms with Crippen molar-refractivity contribution in [1.82, 2.24) is 15.3 Å². The molecule has 1 aromatic rings. The van der Waals surface area contributed by atoms with Crippen LogP contribution in [-0.4, -0.2) is 21.4 Å². The lowest BCUT2D eigenvalue weighted by Crippen LogP contribution is -2.59. The minimum absolute atomic E-state index is 0.0122. The molecule has 6 nitrogen and oxygen atoms in total. The van der Waals surface area contributed by atoms with Crippen molar-refractivity contribution in [2.45, 2.75) is 63.8 Å². The molecule has 0 spiro atoms. The van der Waals surface area contributed by atoms with Gasteiger partial charge in [0.25, 0.3) is 5.56 Å². The molecule has 0 aromatic carbocycles. The van der Waals surface area contributed by atoms with Crippen LogP contribution in [-0.2, 0) is 11.2 Å². The highest BCUT2D eigenvalue weighted by Gasteiger charge is 2.51. The Morgan fingerprint density at radius 1 is 1.08 bits per heavy atom. The zero-order valence-corrected chi connectivity index (χ0v) is 14.1. The van der Waals surface area contributed by atoms with Crippen LogP contribution < -0.4 is 16.6 Å². The third-order valence-corrected chi connectivity index (χ3v) is 6.30. The monoisotopic (exact) mass is 331 g/mol. The first-order valence-electron chi connectivity index (χ1n) is 9.05. The average molecular weight is 331 g/mol. The molecule has 0 aliphatic heterocycles. The summed E-state index contributed by atoms with van der Waals surface area (Å²) < 4.78 is 0. The van der Waals surface area contributed by atoms with Gasteiger partial charge in [-0.05, 0) is 69.6 Å². The lowest BCUT2D eigenvalue weighted by atomic mass is 9.53. The Kier molecular flexibility index (Phi) is 3.66. The van der Waals surface area contributed by atoms with Gasteiger partial charge in [0.15, 0.2) is 0 Å². The number of carbonyl (C=O) groups excluding carboxylic acids is 1. The summed E-state index contributed by atoms with van der Waals surface area (Å²) >= 11 is 0.